The minimum atomic E-state index is -0.246. The Bertz CT molecular complexity index is 746. The van der Waals surface area contributed by atoms with E-state index in [9.17, 15) is 9.59 Å². The molecule has 1 heterocycles. The largest absolute Gasteiger partial charge is 0.354 e. The van der Waals surface area contributed by atoms with Crippen molar-refractivity contribution in [2.75, 3.05) is 6.54 Å². The van der Waals surface area contributed by atoms with Crippen molar-refractivity contribution in [3.63, 3.8) is 0 Å². The minimum Gasteiger partial charge on any atom is -0.354 e. The van der Waals surface area contributed by atoms with Gasteiger partial charge in [0.05, 0.1) is 10.9 Å². The molecule has 0 saturated heterocycles. The molecule has 0 aliphatic heterocycles. The Morgan fingerprint density at radius 3 is 2.80 bits per heavy atom. The smallest absolute Gasteiger partial charge is 0.262 e. The second-order valence-corrected chi connectivity index (χ2v) is 5.45. The summed E-state index contributed by atoms with van der Waals surface area (Å²) in [5, 5.41) is 3.30. The van der Waals surface area contributed by atoms with Crippen molar-refractivity contribution in [1.82, 2.24) is 14.9 Å². The fourth-order valence-corrected chi connectivity index (χ4v) is 2.12. The number of nitrogens with one attached hydrogen (secondary N) is 2. The Balaban J connectivity index is 2.33. The Hall–Kier alpha value is -1.95. The third kappa shape index (κ3) is 3.14. The zero-order chi connectivity index (χ0) is 14.7. The van der Waals surface area contributed by atoms with Gasteiger partial charge in [-0.25, -0.2) is 0 Å². The third-order valence-electron chi connectivity index (χ3n) is 2.90. The quantitative estimate of drug-likeness (QED) is 0.845. The lowest BCUT2D eigenvalue weighted by atomic mass is 10.2. The summed E-state index contributed by atoms with van der Waals surface area (Å²) in [4.78, 5) is 27.1. The maximum atomic E-state index is 12.3. The monoisotopic (exact) mass is 291 g/mol. The van der Waals surface area contributed by atoms with Crippen molar-refractivity contribution < 1.29 is 4.79 Å². The van der Waals surface area contributed by atoms with Crippen LogP contribution >= 0.6 is 12.2 Å². The van der Waals surface area contributed by atoms with E-state index in [1.807, 2.05) is 19.9 Å². The lowest BCUT2D eigenvalue weighted by molar-refractivity contribution is -0.121. The molecule has 20 heavy (non-hydrogen) atoms. The molecule has 0 fully saturated rings. The van der Waals surface area contributed by atoms with E-state index in [4.69, 9.17) is 12.2 Å². The van der Waals surface area contributed by atoms with Crippen LogP contribution in [-0.4, -0.2) is 22.0 Å². The minimum absolute atomic E-state index is 0.0638. The van der Waals surface area contributed by atoms with Crippen LogP contribution in [0.5, 0.6) is 0 Å². The van der Waals surface area contributed by atoms with Crippen LogP contribution in [0.1, 0.15) is 13.8 Å². The summed E-state index contributed by atoms with van der Waals surface area (Å²) in [7, 11) is 0. The van der Waals surface area contributed by atoms with Crippen molar-refractivity contribution in [3.05, 3.63) is 39.4 Å². The van der Waals surface area contributed by atoms with Gasteiger partial charge in [-0.2, -0.15) is 0 Å². The van der Waals surface area contributed by atoms with Gasteiger partial charge in [-0.3, -0.25) is 14.2 Å². The van der Waals surface area contributed by atoms with E-state index in [1.165, 1.54) is 4.57 Å². The molecule has 2 aromatic rings. The molecule has 5 nitrogen and oxygen atoms in total. The van der Waals surface area contributed by atoms with Gasteiger partial charge in [-0.05, 0) is 30.3 Å². The molecule has 0 aliphatic rings. The van der Waals surface area contributed by atoms with Crippen molar-refractivity contribution in [2.24, 2.45) is 5.92 Å². The number of hydrogen-bond donors (Lipinski definition) is 2. The summed E-state index contributed by atoms with van der Waals surface area (Å²) in [6.45, 7) is 4.53. The van der Waals surface area contributed by atoms with E-state index in [0.717, 1.165) is 0 Å². The molecule has 0 radical (unpaired) electrons. The standard InChI is InChI=1S/C14H17N3O2S/c1-9(2)7-15-12(18)8-17-13(19)10-5-3-4-6-11(10)16-14(17)20/h3-6,9H,7-8H2,1-2H3,(H,15,18)(H,16,20). The Morgan fingerprint density at radius 2 is 2.10 bits per heavy atom. The Labute approximate surface area is 121 Å². The van der Waals surface area contributed by atoms with E-state index in [1.54, 1.807) is 18.2 Å². The van der Waals surface area contributed by atoms with Gasteiger partial charge in [0.25, 0.3) is 5.56 Å². The molecule has 1 aromatic carbocycles. The molecule has 0 aliphatic carbocycles. The molecule has 0 saturated carbocycles. The topological polar surface area (TPSA) is 66.9 Å². The molecular weight excluding hydrogens is 274 g/mol. The number of para-hydroxylation sites is 1. The van der Waals surface area contributed by atoms with Gasteiger partial charge < -0.3 is 10.3 Å². The van der Waals surface area contributed by atoms with Gasteiger partial charge >= 0.3 is 0 Å². The maximum Gasteiger partial charge on any atom is 0.262 e. The summed E-state index contributed by atoms with van der Waals surface area (Å²) in [6, 6.07) is 7.11. The molecule has 2 rings (SSSR count). The van der Waals surface area contributed by atoms with Gasteiger partial charge in [0, 0.05) is 6.54 Å². The second-order valence-electron chi connectivity index (χ2n) is 5.06. The molecular formula is C14H17N3O2S. The highest BCUT2D eigenvalue weighted by Gasteiger charge is 2.09. The Morgan fingerprint density at radius 1 is 1.40 bits per heavy atom. The SMILES string of the molecule is CC(C)CNC(=O)Cn1c(=S)[nH]c2ccccc2c1=O. The fourth-order valence-electron chi connectivity index (χ4n) is 1.86. The number of hydrogen-bond acceptors (Lipinski definition) is 3. The number of rotatable bonds is 4. The van der Waals surface area contributed by atoms with Crippen molar-refractivity contribution in [3.8, 4) is 0 Å². The third-order valence-corrected chi connectivity index (χ3v) is 3.22. The predicted octanol–water partition coefficient (Wildman–Crippen LogP) is 1.83. The molecule has 1 aromatic heterocycles. The lowest BCUT2D eigenvalue weighted by Gasteiger charge is -2.10. The number of carbonyl (C=O) groups is 1. The highest BCUT2D eigenvalue weighted by Crippen LogP contribution is 2.05. The number of aromatic nitrogens is 2. The summed E-state index contributed by atoms with van der Waals surface area (Å²) in [5.74, 6) is 0.150. The summed E-state index contributed by atoms with van der Waals surface area (Å²) in [6.07, 6.45) is 0. The van der Waals surface area contributed by atoms with Gasteiger partial charge in [-0.15, -0.1) is 0 Å². The molecule has 0 spiro atoms. The zero-order valence-electron chi connectivity index (χ0n) is 11.5. The number of benzene rings is 1. The first-order valence-electron chi connectivity index (χ1n) is 6.47. The first-order valence-corrected chi connectivity index (χ1v) is 6.88. The highest BCUT2D eigenvalue weighted by molar-refractivity contribution is 7.71. The first-order chi connectivity index (χ1) is 9.49. The average molecular weight is 291 g/mol. The Kier molecular flexibility index (Phi) is 4.34. The van der Waals surface area contributed by atoms with Gasteiger partial charge in [0.15, 0.2) is 4.77 Å². The molecule has 0 atom stereocenters. The summed E-state index contributed by atoms with van der Waals surface area (Å²) >= 11 is 5.15. The van der Waals surface area contributed by atoms with Crippen LogP contribution in [0.15, 0.2) is 29.1 Å². The van der Waals surface area contributed by atoms with Crippen LogP contribution in [0, 0.1) is 10.7 Å². The van der Waals surface area contributed by atoms with Crippen LogP contribution in [0.4, 0.5) is 0 Å². The maximum absolute atomic E-state index is 12.3. The zero-order valence-corrected chi connectivity index (χ0v) is 12.3. The molecule has 2 N–H and O–H groups in total. The van der Waals surface area contributed by atoms with E-state index in [-0.39, 0.29) is 22.8 Å². The molecule has 1 amide bonds. The van der Waals surface area contributed by atoms with Gasteiger partial charge in [0.1, 0.15) is 6.54 Å². The highest BCUT2D eigenvalue weighted by atomic mass is 32.1. The predicted molar refractivity (Wildman–Crippen MR) is 81.2 cm³/mol. The van der Waals surface area contributed by atoms with Crippen LogP contribution < -0.4 is 10.9 Å². The number of nitrogens with zero attached hydrogens (tertiary/aromatic N) is 1. The fraction of sp³-hybridized carbons (Fsp3) is 0.357. The van der Waals surface area contributed by atoms with E-state index in [2.05, 4.69) is 10.3 Å². The first kappa shape index (κ1) is 14.5. The number of fused-ring (bicyclic) bond motifs is 1. The van der Waals surface area contributed by atoms with Gasteiger partial charge in [-0.1, -0.05) is 26.0 Å². The normalized spacial score (nSPS) is 10.9. The van der Waals surface area contributed by atoms with E-state index in [0.29, 0.717) is 23.4 Å². The van der Waals surface area contributed by atoms with Crippen molar-refractivity contribution >= 4 is 29.0 Å². The van der Waals surface area contributed by atoms with Crippen LogP contribution in [0.3, 0.4) is 0 Å². The lowest BCUT2D eigenvalue weighted by Crippen LogP contribution is -2.34. The molecule has 0 bridgehead atoms. The van der Waals surface area contributed by atoms with Crippen molar-refractivity contribution in [1.29, 1.82) is 0 Å². The molecule has 0 unspecified atom stereocenters. The van der Waals surface area contributed by atoms with Crippen LogP contribution in [-0.2, 0) is 11.3 Å². The van der Waals surface area contributed by atoms with Crippen LogP contribution in [0.2, 0.25) is 0 Å². The number of carbonyl (C=O) groups excluding carboxylic acids is 1. The van der Waals surface area contributed by atoms with E-state index >= 15 is 0 Å². The molecule has 6 heteroatoms. The second kappa shape index (κ2) is 6.00. The average Bonchev–Trinajstić information content (AvgIpc) is 2.41. The molecule has 106 valence electrons. The van der Waals surface area contributed by atoms with E-state index < -0.39 is 0 Å². The summed E-state index contributed by atoms with van der Waals surface area (Å²) < 4.78 is 1.54. The number of H-pyrrole nitrogens is 1. The number of aromatic amines is 1. The van der Waals surface area contributed by atoms with Crippen LogP contribution in [0.25, 0.3) is 10.9 Å². The summed E-state index contributed by atoms with van der Waals surface area (Å²) in [5.41, 5.74) is 0.436. The number of amides is 1. The van der Waals surface area contributed by atoms with Crippen molar-refractivity contribution in [2.45, 2.75) is 20.4 Å². The van der Waals surface area contributed by atoms with Gasteiger partial charge in [0.2, 0.25) is 5.91 Å².